The van der Waals surface area contributed by atoms with Crippen molar-refractivity contribution >= 4 is 34.3 Å². The van der Waals surface area contributed by atoms with Gasteiger partial charge in [0.2, 0.25) is 11.8 Å². The maximum absolute atomic E-state index is 14.2. The van der Waals surface area contributed by atoms with Crippen LogP contribution in [0.5, 0.6) is 0 Å². The van der Waals surface area contributed by atoms with Crippen LogP contribution in [0.15, 0.2) is 18.2 Å². The van der Waals surface area contributed by atoms with Crippen molar-refractivity contribution in [3.63, 3.8) is 0 Å². The third kappa shape index (κ3) is 4.67. The quantitative estimate of drug-likeness (QED) is 0.628. The molecule has 2 aromatic rings. The lowest BCUT2D eigenvalue weighted by Crippen LogP contribution is -2.67. The van der Waals surface area contributed by atoms with Gasteiger partial charge in [-0.15, -0.1) is 0 Å². The van der Waals surface area contributed by atoms with Gasteiger partial charge in [-0.05, 0) is 51.3 Å². The van der Waals surface area contributed by atoms with Crippen LogP contribution in [0.1, 0.15) is 89.5 Å². The minimum absolute atomic E-state index is 0.0975. The summed E-state index contributed by atoms with van der Waals surface area (Å²) >= 11 is 0. The van der Waals surface area contributed by atoms with Crippen molar-refractivity contribution in [2.45, 2.75) is 103 Å². The van der Waals surface area contributed by atoms with Crippen molar-refractivity contribution in [2.24, 2.45) is 0 Å². The van der Waals surface area contributed by atoms with Crippen LogP contribution in [0.3, 0.4) is 0 Å². The Morgan fingerprint density at radius 1 is 1.17 bits per heavy atom. The van der Waals surface area contributed by atoms with Gasteiger partial charge in [0.1, 0.15) is 17.1 Å². The molecule has 0 unspecified atom stereocenters. The fourth-order valence-corrected chi connectivity index (χ4v) is 5.73. The highest BCUT2D eigenvalue weighted by atomic mass is 19.1. The maximum atomic E-state index is 14.2. The number of benzene rings is 1. The van der Waals surface area contributed by atoms with Crippen molar-refractivity contribution in [3.8, 4) is 0 Å². The van der Waals surface area contributed by atoms with Crippen LogP contribution in [0.4, 0.5) is 10.1 Å². The highest BCUT2D eigenvalue weighted by Crippen LogP contribution is 2.40. The van der Waals surface area contributed by atoms with E-state index in [4.69, 9.17) is 0 Å². The van der Waals surface area contributed by atoms with Crippen molar-refractivity contribution in [1.29, 1.82) is 0 Å². The van der Waals surface area contributed by atoms with Crippen molar-refractivity contribution < 1.29 is 18.8 Å². The van der Waals surface area contributed by atoms with Gasteiger partial charge in [0.15, 0.2) is 0 Å². The van der Waals surface area contributed by atoms with Gasteiger partial charge in [-0.1, -0.05) is 39.0 Å². The van der Waals surface area contributed by atoms with E-state index in [9.17, 15) is 18.8 Å². The van der Waals surface area contributed by atoms with Gasteiger partial charge in [0.25, 0.3) is 5.91 Å². The number of fused-ring (bicyclic) bond motifs is 3. The summed E-state index contributed by atoms with van der Waals surface area (Å²) in [5.41, 5.74) is 0.0767. The summed E-state index contributed by atoms with van der Waals surface area (Å²) in [6.07, 6.45) is 8.36. The summed E-state index contributed by atoms with van der Waals surface area (Å²) in [5.74, 6) is -1.29. The molecule has 0 bridgehead atoms. The number of nitrogens with one attached hydrogen (secondary N) is 2. The zero-order valence-electron chi connectivity index (χ0n) is 21.2. The molecular weight excluding hydrogens is 447 g/mol. The van der Waals surface area contributed by atoms with Gasteiger partial charge in [-0.3, -0.25) is 14.4 Å². The molecule has 0 saturated heterocycles. The van der Waals surface area contributed by atoms with Crippen LogP contribution in [0, 0.1) is 5.82 Å². The molecule has 190 valence electrons. The third-order valence-corrected chi connectivity index (χ3v) is 7.71. The van der Waals surface area contributed by atoms with Gasteiger partial charge in [0.05, 0.1) is 17.7 Å². The minimum atomic E-state index is -1.13. The first-order valence-corrected chi connectivity index (χ1v) is 12.9. The molecule has 35 heavy (non-hydrogen) atoms. The molecule has 2 atom stereocenters. The van der Waals surface area contributed by atoms with E-state index in [2.05, 4.69) is 10.6 Å². The second-order valence-corrected chi connectivity index (χ2v) is 10.4. The van der Waals surface area contributed by atoms with E-state index in [1.54, 1.807) is 15.5 Å². The van der Waals surface area contributed by atoms with E-state index in [-0.39, 0.29) is 42.0 Å². The van der Waals surface area contributed by atoms with Crippen LogP contribution >= 0.6 is 0 Å². The molecule has 1 saturated carbocycles. The molecule has 1 aromatic heterocycles. The molecule has 8 heteroatoms. The van der Waals surface area contributed by atoms with E-state index in [1.165, 1.54) is 38.3 Å². The molecule has 7 nitrogen and oxygen atoms in total. The average molecular weight is 485 g/mol. The lowest BCUT2D eigenvalue weighted by molar-refractivity contribution is -0.135. The lowest BCUT2D eigenvalue weighted by atomic mass is 9.90. The van der Waals surface area contributed by atoms with Crippen LogP contribution in [0.25, 0.3) is 10.9 Å². The van der Waals surface area contributed by atoms with Gasteiger partial charge < -0.3 is 20.1 Å². The topological polar surface area (TPSA) is 83.4 Å². The Morgan fingerprint density at radius 3 is 2.46 bits per heavy atom. The van der Waals surface area contributed by atoms with Crippen LogP contribution < -0.4 is 10.6 Å². The van der Waals surface area contributed by atoms with Gasteiger partial charge in [0, 0.05) is 24.4 Å². The van der Waals surface area contributed by atoms with Gasteiger partial charge in [-0.2, -0.15) is 0 Å². The second-order valence-electron chi connectivity index (χ2n) is 10.4. The maximum Gasteiger partial charge on any atom is 0.273 e. The number of amides is 3. The molecule has 3 amide bonds. The summed E-state index contributed by atoms with van der Waals surface area (Å²) < 4.78 is 16.0. The first kappa shape index (κ1) is 25.2. The first-order chi connectivity index (χ1) is 16.7. The van der Waals surface area contributed by atoms with Crippen LogP contribution in [-0.4, -0.2) is 44.8 Å². The number of aromatic nitrogens is 1. The summed E-state index contributed by atoms with van der Waals surface area (Å²) in [6, 6.07) is 4.17. The number of carbonyl (C=O) groups excluding carboxylic acids is 3. The zero-order chi connectivity index (χ0) is 25.3. The Balaban J connectivity index is 1.80. The molecule has 4 rings (SSSR count). The van der Waals surface area contributed by atoms with Crippen molar-refractivity contribution in [3.05, 3.63) is 29.7 Å². The highest BCUT2D eigenvalue weighted by Gasteiger charge is 2.50. The SMILES string of the molecule is CC[C@H](C)N1C(=O)c2c(NC(C)=O)c3cc(F)ccc3n2C[C@]1(C)C(=O)NC1CCCCCCC1. The molecule has 1 aromatic carbocycles. The molecule has 2 aliphatic rings. The Bertz CT molecular complexity index is 1140. The number of hydrogen-bond donors (Lipinski definition) is 2. The molecule has 2 heterocycles. The Morgan fingerprint density at radius 2 is 1.83 bits per heavy atom. The zero-order valence-corrected chi connectivity index (χ0v) is 21.2. The first-order valence-electron chi connectivity index (χ1n) is 12.9. The van der Waals surface area contributed by atoms with E-state index >= 15 is 0 Å². The van der Waals surface area contributed by atoms with E-state index in [0.29, 0.717) is 23.0 Å². The smallest absolute Gasteiger partial charge is 0.273 e. The monoisotopic (exact) mass is 484 g/mol. The Hall–Kier alpha value is -2.90. The minimum Gasteiger partial charge on any atom is -0.351 e. The number of anilines is 1. The van der Waals surface area contributed by atoms with Crippen molar-refractivity contribution in [2.75, 3.05) is 5.32 Å². The summed E-state index contributed by atoms with van der Waals surface area (Å²) in [4.78, 5) is 41.6. The Kier molecular flexibility index (Phi) is 7.20. The van der Waals surface area contributed by atoms with E-state index < -0.39 is 11.4 Å². The number of carbonyl (C=O) groups is 3. The average Bonchev–Trinajstić information content (AvgIpc) is 3.07. The summed E-state index contributed by atoms with van der Waals surface area (Å²) in [6.45, 7) is 7.33. The number of halogens is 1. The number of nitrogens with zero attached hydrogens (tertiary/aromatic N) is 2. The molecule has 1 fully saturated rings. The molecule has 1 aliphatic carbocycles. The summed E-state index contributed by atoms with van der Waals surface area (Å²) in [5, 5.41) is 6.49. The van der Waals surface area contributed by atoms with Gasteiger partial charge >= 0.3 is 0 Å². The molecule has 2 N–H and O–H groups in total. The van der Waals surface area contributed by atoms with Gasteiger partial charge in [-0.25, -0.2) is 4.39 Å². The van der Waals surface area contributed by atoms with Crippen LogP contribution in [-0.2, 0) is 16.1 Å². The summed E-state index contributed by atoms with van der Waals surface area (Å²) in [7, 11) is 0. The predicted octanol–water partition coefficient (Wildman–Crippen LogP) is 4.98. The standard InChI is InChI=1S/C27H37FN4O3/c1-5-17(2)32-25(34)24-23(29-18(3)33)21-15-19(28)13-14-22(21)31(24)16-27(32,4)26(35)30-20-11-9-7-6-8-10-12-20/h13-15,17,20H,5-12,16H2,1-4H3,(H,29,33)(H,30,35)/t17-,27+/m0/s1. The highest BCUT2D eigenvalue weighted by molar-refractivity contribution is 6.14. The largest absolute Gasteiger partial charge is 0.351 e. The molecule has 0 radical (unpaired) electrons. The fourth-order valence-electron chi connectivity index (χ4n) is 5.73. The second kappa shape index (κ2) is 9.99. The van der Waals surface area contributed by atoms with E-state index in [0.717, 1.165) is 25.7 Å². The molecule has 1 aliphatic heterocycles. The lowest BCUT2D eigenvalue weighted by Gasteiger charge is -2.47. The molecular formula is C27H37FN4O3. The fraction of sp³-hybridized carbons (Fsp3) is 0.593. The van der Waals surface area contributed by atoms with Crippen LogP contribution in [0.2, 0.25) is 0 Å². The predicted molar refractivity (Wildman–Crippen MR) is 135 cm³/mol. The molecule has 0 spiro atoms. The number of rotatable bonds is 5. The van der Waals surface area contributed by atoms with E-state index in [1.807, 2.05) is 20.8 Å². The van der Waals surface area contributed by atoms with Crippen molar-refractivity contribution in [1.82, 2.24) is 14.8 Å². The number of hydrogen-bond acceptors (Lipinski definition) is 3. The Labute approximate surface area is 206 Å². The third-order valence-electron chi connectivity index (χ3n) is 7.71. The normalized spacial score (nSPS) is 22.3.